The van der Waals surface area contributed by atoms with E-state index in [4.69, 9.17) is 10.5 Å². The first-order chi connectivity index (χ1) is 10.1. The van der Waals surface area contributed by atoms with Gasteiger partial charge in [0.1, 0.15) is 24.4 Å². The van der Waals surface area contributed by atoms with Gasteiger partial charge in [-0.1, -0.05) is 6.07 Å². The molecule has 3 N–H and O–H groups in total. The number of aromatic nitrogens is 1. The van der Waals surface area contributed by atoms with E-state index in [0.29, 0.717) is 30.3 Å². The normalized spacial score (nSPS) is 10.2. The minimum atomic E-state index is -0.467. The van der Waals surface area contributed by atoms with Crippen LogP contribution in [-0.4, -0.2) is 23.1 Å². The summed E-state index contributed by atoms with van der Waals surface area (Å²) >= 11 is 0. The second-order valence-corrected chi connectivity index (χ2v) is 4.41. The van der Waals surface area contributed by atoms with Crippen molar-refractivity contribution in [3.05, 3.63) is 52.2 Å². The van der Waals surface area contributed by atoms with Crippen LogP contribution in [0.25, 0.3) is 0 Å². The summed E-state index contributed by atoms with van der Waals surface area (Å²) in [5.74, 6) is 1.27. The van der Waals surface area contributed by atoms with Crippen LogP contribution in [0, 0.1) is 17.0 Å². The van der Waals surface area contributed by atoms with Crippen molar-refractivity contribution in [2.45, 2.75) is 6.92 Å². The monoisotopic (exact) mass is 288 g/mol. The number of nitrogens with zero attached hydrogens (tertiary/aromatic N) is 2. The highest BCUT2D eigenvalue weighted by Crippen LogP contribution is 2.24. The summed E-state index contributed by atoms with van der Waals surface area (Å²) in [6.45, 7) is 2.65. The first kappa shape index (κ1) is 14.7. The Labute approximate surface area is 121 Å². The molecule has 21 heavy (non-hydrogen) atoms. The third-order valence-corrected chi connectivity index (χ3v) is 2.76. The van der Waals surface area contributed by atoms with E-state index in [1.54, 1.807) is 6.92 Å². The first-order valence-electron chi connectivity index (χ1n) is 6.41. The van der Waals surface area contributed by atoms with E-state index < -0.39 is 4.92 Å². The molecule has 1 aromatic heterocycles. The van der Waals surface area contributed by atoms with E-state index in [9.17, 15) is 10.1 Å². The number of anilines is 2. The standard InChI is InChI=1S/C14H16N4O3/c1-10-7-12(18(19)20)9-16-14(10)17-11-3-2-4-13(8-11)21-6-5-15/h2-4,7-9H,5-6,15H2,1H3,(H,16,17). The predicted octanol–water partition coefficient (Wildman–Crippen LogP) is 2.38. The topological polar surface area (TPSA) is 103 Å². The summed E-state index contributed by atoms with van der Waals surface area (Å²) in [5, 5.41) is 13.8. The van der Waals surface area contributed by atoms with Gasteiger partial charge in [0.05, 0.1) is 4.92 Å². The fourth-order valence-corrected chi connectivity index (χ4v) is 1.77. The van der Waals surface area contributed by atoms with Gasteiger partial charge in [-0.15, -0.1) is 0 Å². The van der Waals surface area contributed by atoms with Crippen LogP contribution in [0.4, 0.5) is 17.2 Å². The molecule has 0 fully saturated rings. The lowest BCUT2D eigenvalue weighted by atomic mass is 10.2. The Morgan fingerprint density at radius 3 is 2.90 bits per heavy atom. The highest BCUT2D eigenvalue weighted by atomic mass is 16.6. The molecule has 0 aliphatic rings. The zero-order valence-corrected chi connectivity index (χ0v) is 11.6. The van der Waals surface area contributed by atoms with Crippen LogP contribution in [-0.2, 0) is 0 Å². The van der Waals surface area contributed by atoms with Gasteiger partial charge in [-0.2, -0.15) is 0 Å². The molecule has 0 aliphatic heterocycles. The van der Waals surface area contributed by atoms with E-state index in [1.807, 2.05) is 24.3 Å². The molecule has 0 amide bonds. The van der Waals surface area contributed by atoms with Crippen LogP contribution in [0.1, 0.15) is 5.56 Å². The maximum Gasteiger partial charge on any atom is 0.287 e. The van der Waals surface area contributed by atoms with Gasteiger partial charge < -0.3 is 15.8 Å². The SMILES string of the molecule is Cc1cc([N+](=O)[O-])cnc1Nc1cccc(OCCN)c1. The molecule has 2 aromatic rings. The second kappa shape index (κ2) is 6.67. The summed E-state index contributed by atoms with van der Waals surface area (Å²) in [7, 11) is 0. The third-order valence-electron chi connectivity index (χ3n) is 2.76. The molecule has 2 rings (SSSR count). The van der Waals surface area contributed by atoms with Gasteiger partial charge in [-0.25, -0.2) is 4.98 Å². The maximum absolute atomic E-state index is 10.7. The summed E-state index contributed by atoms with van der Waals surface area (Å²) < 4.78 is 5.44. The Balaban J connectivity index is 2.16. The number of pyridine rings is 1. The average molecular weight is 288 g/mol. The van der Waals surface area contributed by atoms with Crippen molar-refractivity contribution < 1.29 is 9.66 Å². The smallest absolute Gasteiger partial charge is 0.287 e. The van der Waals surface area contributed by atoms with Gasteiger partial charge in [0.15, 0.2) is 0 Å². The van der Waals surface area contributed by atoms with Crippen LogP contribution in [0.2, 0.25) is 0 Å². The number of benzene rings is 1. The number of hydrogen-bond donors (Lipinski definition) is 2. The molecule has 0 bridgehead atoms. The Hall–Kier alpha value is -2.67. The van der Waals surface area contributed by atoms with Crippen LogP contribution < -0.4 is 15.8 Å². The Kier molecular flexibility index (Phi) is 4.68. The lowest BCUT2D eigenvalue weighted by Gasteiger charge is -2.10. The van der Waals surface area contributed by atoms with Crippen molar-refractivity contribution in [2.75, 3.05) is 18.5 Å². The van der Waals surface area contributed by atoms with Crippen LogP contribution >= 0.6 is 0 Å². The van der Waals surface area contributed by atoms with Crippen LogP contribution in [0.3, 0.4) is 0 Å². The van der Waals surface area contributed by atoms with Gasteiger partial charge in [-0.3, -0.25) is 10.1 Å². The molecule has 0 unspecified atom stereocenters. The van der Waals surface area contributed by atoms with Crippen molar-refractivity contribution in [1.82, 2.24) is 4.98 Å². The second-order valence-electron chi connectivity index (χ2n) is 4.41. The van der Waals surface area contributed by atoms with Gasteiger partial charge in [0.25, 0.3) is 5.69 Å². The zero-order valence-electron chi connectivity index (χ0n) is 11.6. The first-order valence-corrected chi connectivity index (χ1v) is 6.41. The lowest BCUT2D eigenvalue weighted by Crippen LogP contribution is -2.10. The molecule has 0 radical (unpaired) electrons. The van der Waals surface area contributed by atoms with Gasteiger partial charge in [0.2, 0.25) is 0 Å². The van der Waals surface area contributed by atoms with Crippen molar-refractivity contribution >= 4 is 17.2 Å². The number of nitrogens with one attached hydrogen (secondary N) is 1. The van der Waals surface area contributed by atoms with Gasteiger partial charge >= 0.3 is 0 Å². The van der Waals surface area contributed by atoms with Crippen LogP contribution in [0.15, 0.2) is 36.5 Å². The fourth-order valence-electron chi connectivity index (χ4n) is 1.77. The predicted molar refractivity (Wildman–Crippen MR) is 79.9 cm³/mol. The Bertz CT molecular complexity index is 646. The van der Waals surface area contributed by atoms with E-state index in [-0.39, 0.29) is 5.69 Å². The molecule has 1 heterocycles. The van der Waals surface area contributed by atoms with E-state index >= 15 is 0 Å². The molecular weight excluding hydrogens is 272 g/mol. The summed E-state index contributed by atoms with van der Waals surface area (Å²) in [6, 6.07) is 8.83. The average Bonchev–Trinajstić information content (AvgIpc) is 2.47. The number of hydrogen-bond acceptors (Lipinski definition) is 6. The zero-order chi connectivity index (χ0) is 15.2. The largest absolute Gasteiger partial charge is 0.492 e. The third kappa shape index (κ3) is 3.90. The van der Waals surface area contributed by atoms with Gasteiger partial charge in [-0.05, 0) is 24.6 Å². The fraction of sp³-hybridized carbons (Fsp3) is 0.214. The van der Waals surface area contributed by atoms with Gasteiger partial charge in [0, 0.05) is 24.4 Å². The minimum absolute atomic E-state index is 0.0296. The molecule has 7 heteroatoms. The highest BCUT2D eigenvalue weighted by molar-refractivity contribution is 5.61. The molecule has 0 saturated carbocycles. The number of ether oxygens (including phenoxy) is 1. The van der Waals surface area contributed by atoms with Crippen LogP contribution in [0.5, 0.6) is 5.75 Å². The number of rotatable bonds is 6. The van der Waals surface area contributed by atoms with E-state index in [1.165, 1.54) is 12.3 Å². The number of nitro groups is 1. The Morgan fingerprint density at radius 1 is 1.43 bits per heavy atom. The quantitative estimate of drug-likeness (QED) is 0.624. The molecule has 1 aromatic carbocycles. The van der Waals surface area contributed by atoms with E-state index in [0.717, 1.165) is 5.69 Å². The number of aryl methyl sites for hydroxylation is 1. The maximum atomic E-state index is 10.7. The molecule has 7 nitrogen and oxygen atoms in total. The molecule has 0 spiro atoms. The molecule has 0 aliphatic carbocycles. The summed E-state index contributed by atoms with van der Waals surface area (Å²) in [4.78, 5) is 14.3. The highest BCUT2D eigenvalue weighted by Gasteiger charge is 2.09. The number of nitrogens with two attached hydrogens (primary N) is 1. The Morgan fingerprint density at radius 2 is 2.24 bits per heavy atom. The van der Waals surface area contributed by atoms with Crippen molar-refractivity contribution in [3.8, 4) is 5.75 Å². The van der Waals surface area contributed by atoms with Crippen molar-refractivity contribution in [3.63, 3.8) is 0 Å². The van der Waals surface area contributed by atoms with Crippen molar-refractivity contribution in [1.29, 1.82) is 0 Å². The molecule has 0 atom stereocenters. The minimum Gasteiger partial charge on any atom is -0.492 e. The molecule has 0 saturated heterocycles. The molecular formula is C14H16N4O3. The molecule has 110 valence electrons. The summed E-state index contributed by atoms with van der Waals surface area (Å²) in [6.07, 6.45) is 1.23. The van der Waals surface area contributed by atoms with Crippen molar-refractivity contribution in [2.24, 2.45) is 5.73 Å². The summed E-state index contributed by atoms with van der Waals surface area (Å²) in [5.41, 5.74) is 6.84. The lowest BCUT2D eigenvalue weighted by molar-refractivity contribution is -0.385. The van der Waals surface area contributed by atoms with E-state index in [2.05, 4.69) is 10.3 Å².